The Morgan fingerprint density at radius 1 is 1.10 bits per heavy atom. The number of carbonyl (C=O) groups is 1. The van der Waals surface area contributed by atoms with Gasteiger partial charge in [-0.15, -0.1) is 0 Å². The lowest BCUT2D eigenvalue weighted by Gasteiger charge is -2.36. The lowest BCUT2D eigenvalue weighted by molar-refractivity contribution is -0.119. The normalized spacial score (nSPS) is 18.5. The maximum absolute atomic E-state index is 12.1. The smallest absolute Gasteiger partial charge is 0.226 e. The molecule has 0 bridgehead atoms. The highest BCUT2D eigenvalue weighted by Gasteiger charge is 2.21. The molecule has 2 aliphatic heterocycles. The van der Waals surface area contributed by atoms with Crippen LogP contribution in [0.15, 0.2) is 46.1 Å². The zero-order chi connectivity index (χ0) is 21.5. The number of piperidine rings is 1. The standard InChI is InChI=1S/C23H32N6O2/c1-2-24-23(28-14-12-27(13-15-28)18-20-10-16-31-26-20)25-17-19-6-8-21(9-7-19)29-11-4-3-5-22(29)30/h6-10,16H,2-5,11-15,17-18H2,1H3,(H,24,25). The van der Waals surface area contributed by atoms with Crippen LogP contribution in [0.4, 0.5) is 5.69 Å². The Hall–Kier alpha value is -2.87. The molecular formula is C23H32N6O2. The number of piperazine rings is 1. The maximum atomic E-state index is 12.1. The first kappa shape index (κ1) is 21.4. The summed E-state index contributed by atoms with van der Waals surface area (Å²) in [6.45, 7) is 9.00. The van der Waals surface area contributed by atoms with Gasteiger partial charge < -0.3 is 19.6 Å². The number of benzene rings is 1. The van der Waals surface area contributed by atoms with Gasteiger partial charge in [-0.05, 0) is 37.5 Å². The Bertz CT molecular complexity index is 857. The molecule has 0 saturated carbocycles. The first-order chi connectivity index (χ1) is 15.2. The molecule has 0 aliphatic carbocycles. The van der Waals surface area contributed by atoms with Crippen molar-refractivity contribution < 1.29 is 9.32 Å². The summed E-state index contributed by atoms with van der Waals surface area (Å²) >= 11 is 0. The summed E-state index contributed by atoms with van der Waals surface area (Å²) in [7, 11) is 0. The van der Waals surface area contributed by atoms with Crippen molar-refractivity contribution in [2.45, 2.75) is 39.3 Å². The van der Waals surface area contributed by atoms with E-state index in [0.717, 1.165) is 81.6 Å². The van der Waals surface area contributed by atoms with E-state index in [4.69, 9.17) is 9.52 Å². The summed E-state index contributed by atoms with van der Waals surface area (Å²) in [5.74, 6) is 1.19. The highest BCUT2D eigenvalue weighted by molar-refractivity contribution is 5.93. The van der Waals surface area contributed by atoms with Crippen molar-refractivity contribution >= 4 is 17.6 Å². The van der Waals surface area contributed by atoms with E-state index < -0.39 is 0 Å². The van der Waals surface area contributed by atoms with Crippen molar-refractivity contribution in [2.75, 3.05) is 44.2 Å². The molecule has 1 aromatic heterocycles. The maximum Gasteiger partial charge on any atom is 0.226 e. The molecule has 4 rings (SSSR count). The molecule has 166 valence electrons. The Balaban J connectivity index is 1.33. The summed E-state index contributed by atoms with van der Waals surface area (Å²) in [6.07, 6.45) is 4.36. The number of amides is 1. The fourth-order valence-electron chi connectivity index (χ4n) is 4.12. The van der Waals surface area contributed by atoms with Crippen molar-refractivity contribution in [1.29, 1.82) is 0 Å². The molecule has 2 saturated heterocycles. The fourth-order valence-corrected chi connectivity index (χ4v) is 4.12. The van der Waals surface area contributed by atoms with Crippen LogP contribution in [0, 0.1) is 0 Å². The minimum atomic E-state index is 0.231. The second-order valence-electron chi connectivity index (χ2n) is 8.09. The Morgan fingerprint density at radius 2 is 1.90 bits per heavy atom. The molecule has 1 amide bonds. The molecule has 2 fully saturated rings. The van der Waals surface area contributed by atoms with E-state index in [1.165, 1.54) is 0 Å². The van der Waals surface area contributed by atoms with Crippen LogP contribution in [0.1, 0.15) is 37.4 Å². The summed E-state index contributed by atoms with van der Waals surface area (Å²) in [6, 6.07) is 10.2. The van der Waals surface area contributed by atoms with Gasteiger partial charge in [-0.3, -0.25) is 9.69 Å². The number of aromatic nitrogens is 1. The molecule has 2 aliphatic rings. The second-order valence-corrected chi connectivity index (χ2v) is 8.09. The number of nitrogens with zero attached hydrogens (tertiary/aromatic N) is 5. The second kappa shape index (κ2) is 10.4. The largest absolute Gasteiger partial charge is 0.364 e. The van der Waals surface area contributed by atoms with Gasteiger partial charge in [0.25, 0.3) is 0 Å². The third-order valence-electron chi connectivity index (χ3n) is 5.87. The number of hydrogen-bond acceptors (Lipinski definition) is 5. The SMILES string of the molecule is CCNC(=NCc1ccc(N2CCCCC2=O)cc1)N1CCN(Cc2ccon2)CC1. The number of carbonyl (C=O) groups excluding carboxylic acids is 1. The average molecular weight is 425 g/mol. The van der Waals surface area contributed by atoms with Crippen LogP contribution in [0.25, 0.3) is 0 Å². The first-order valence-corrected chi connectivity index (χ1v) is 11.3. The zero-order valence-corrected chi connectivity index (χ0v) is 18.3. The average Bonchev–Trinajstić information content (AvgIpc) is 3.31. The number of rotatable bonds is 6. The number of aliphatic imine (C=N–C) groups is 1. The predicted octanol–water partition coefficient (Wildman–Crippen LogP) is 2.47. The summed E-state index contributed by atoms with van der Waals surface area (Å²) in [5, 5.41) is 7.44. The van der Waals surface area contributed by atoms with Crippen molar-refractivity contribution in [1.82, 2.24) is 20.3 Å². The molecule has 1 aromatic carbocycles. The van der Waals surface area contributed by atoms with Crippen LogP contribution < -0.4 is 10.2 Å². The summed E-state index contributed by atoms with van der Waals surface area (Å²) in [5.41, 5.74) is 3.12. The number of guanidine groups is 1. The molecule has 2 aromatic rings. The monoisotopic (exact) mass is 424 g/mol. The zero-order valence-electron chi connectivity index (χ0n) is 18.3. The first-order valence-electron chi connectivity index (χ1n) is 11.3. The lowest BCUT2D eigenvalue weighted by Crippen LogP contribution is -2.52. The minimum absolute atomic E-state index is 0.231. The highest BCUT2D eigenvalue weighted by Crippen LogP contribution is 2.21. The molecule has 3 heterocycles. The Labute approximate surface area is 183 Å². The van der Waals surface area contributed by atoms with Crippen LogP contribution in [0.5, 0.6) is 0 Å². The fraction of sp³-hybridized carbons (Fsp3) is 0.522. The molecular weight excluding hydrogens is 392 g/mol. The number of anilines is 1. The van der Waals surface area contributed by atoms with E-state index in [1.54, 1.807) is 6.26 Å². The predicted molar refractivity (Wildman–Crippen MR) is 121 cm³/mol. The molecule has 0 spiro atoms. The molecule has 31 heavy (non-hydrogen) atoms. The van der Waals surface area contributed by atoms with Gasteiger partial charge in [0, 0.05) is 64.0 Å². The molecule has 8 heteroatoms. The van der Waals surface area contributed by atoms with Crippen LogP contribution >= 0.6 is 0 Å². The lowest BCUT2D eigenvalue weighted by atomic mass is 10.1. The van der Waals surface area contributed by atoms with Gasteiger partial charge in [0.05, 0.1) is 12.2 Å². The quantitative estimate of drug-likeness (QED) is 0.567. The van der Waals surface area contributed by atoms with E-state index in [2.05, 4.69) is 39.3 Å². The van der Waals surface area contributed by atoms with Crippen molar-refractivity contribution in [3.63, 3.8) is 0 Å². The van der Waals surface area contributed by atoms with Gasteiger partial charge in [0.2, 0.25) is 5.91 Å². The van der Waals surface area contributed by atoms with Gasteiger partial charge in [-0.25, -0.2) is 4.99 Å². The molecule has 8 nitrogen and oxygen atoms in total. The van der Waals surface area contributed by atoms with E-state index in [-0.39, 0.29) is 5.91 Å². The van der Waals surface area contributed by atoms with Gasteiger partial charge in [0.15, 0.2) is 5.96 Å². The third kappa shape index (κ3) is 5.64. The summed E-state index contributed by atoms with van der Waals surface area (Å²) < 4.78 is 4.93. The van der Waals surface area contributed by atoms with Gasteiger partial charge >= 0.3 is 0 Å². The Kier molecular flexibility index (Phi) is 7.19. The van der Waals surface area contributed by atoms with Gasteiger partial charge in [-0.1, -0.05) is 17.3 Å². The highest BCUT2D eigenvalue weighted by atomic mass is 16.5. The molecule has 0 radical (unpaired) electrons. The van der Waals surface area contributed by atoms with E-state index in [9.17, 15) is 4.79 Å². The van der Waals surface area contributed by atoms with Gasteiger partial charge in [-0.2, -0.15) is 0 Å². The van der Waals surface area contributed by atoms with Gasteiger partial charge in [0.1, 0.15) is 6.26 Å². The molecule has 0 unspecified atom stereocenters. The summed E-state index contributed by atoms with van der Waals surface area (Å²) in [4.78, 5) is 23.6. The Morgan fingerprint density at radius 3 is 2.58 bits per heavy atom. The van der Waals surface area contributed by atoms with Crippen molar-refractivity contribution in [3.8, 4) is 0 Å². The van der Waals surface area contributed by atoms with Crippen molar-refractivity contribution in [3.05, 3.63) is 47.9 Å². The van der Waals surface area contributed by atoms with E-state index in [0.29, 0.717) is 13.0 Å². The van der Waals surface area contributed by atoms with Crippen LogP contribution in [0.2, 0.25) is 0 Å². The molecule has 1 N–H and O–H groups in total. The van der Waals surface area contributed by atoms with Crippen molar-refractivity contribution in [2.24, 2.45) is 4.99 Å². The van der Waals surface area contributed by atoms with E-state index in [1.807, 2.05) is 23.1 Å². The third-order valence-corrected chi connectivity index (χ3v) is 5.87. The van der Waals surface area contributed by atoms with Crippen LogP contribution in [-0.4, -0.2) is 66.1 Å². The topological polar surface area (TPSA) is 77.2 Å². The molecule has 0 atom stereocenters. The minimum Gasteiger partial charge on any atom is -0.364 e. The number of hydrogen-bond donors (Lipinski definition) is 1. The van der Waals surface area contributed by atoms with Crippen LogP contribution in [0.3, 0.4) is 0 Å². The van der Waals surface area contributed by atoms with E-state index >= 15 is 0 Å². The van der Waals surface area contributed by atoms with Crippen LogP contribution in [-0.2, 0) is 17.9 Å². The number of nitrogens with one attached hydrogen (secondary N) is 1.